The van der Waals surface area contributed by atoms with Gasteiger partial charge in [-0.25, -0.2) is 4.79 Å². The molecule has 0 radical (unpaired) electrons. The van der Waals surface area contributed by atoms with Crippen LogP contribution >= 0.6 is 23.3 Å². The van der Waals surface area contributed by atoms with Crippen LogP contribution in [0.15, 0.2) is 0 Å². The Morgan fingerprint density at radius 2 is 2.30 bits per heavy atom. The maximum absolute atomic E-state index is 12.3. The minimum atomic E-state index is -1.04. The van der Waals surface area contributed by atoms with Crippen LogP contribution in [0.5, 0.6) is 0 Å². The molecule has 0 saturated carbocycles. The largest absolute Gasteiger partial charge is 0.478 e. The van der Waals surface area contributed by atoms with Gasteiger partial charge in [-0.05, 0) is 18.5 Å². The molecular formula is C12H17N3O3S2. The molecule has 1 atom stereocenters. The average molecular weight is 315 g/mol. The van der Waals surface area contributed by atoms with Crippen LogP contribution in [0.25, 0.3) is 0 Å². The van der Waals surface area contributed by atoms with Gasteiger partial charge in [0.2, 0.25) is 5.91 Å². The molecule has 1 aromatic heterocycles. The van der Waals surface area contributed by atoms with E-state index in [0.717, 1.165) is 29.6 Å². The van der Waals surface area contributed by atoms with Gasteiger partial charge in [-0.3, -0.25) is 4.79 Å². The molecular weight excluding hydrogens is 298 g/mol. The van der Waals surface area contributed by atoms with E-state index in [1.54, 1.807) is 14.0 Å². The lowest BCUT2D eigenvalue weighted by atomic mass is 10.2. The number of hydrogen-bond acceptors (Lipinski definition) is 6. The van der Waals surface area contributed by atoms with Gasteiger partial charge in [-0.1, -0.05) is 0 Å². The van der Waals surface area contributed by atoms with Crippen LogP contribution in [-0.4, -0.2) is 52.5 Å². The lowest BCUT2D eigenvalue weighted by Crippen LogP contribution is -2.41. The van der Waals surface area contributed by atoms with Gasteiger partial charge in [-0.2, -0.15) is 16.1 Å². The van der Waals surface area contributed by atoms with Gasteiger partial charge in [0.25, 0.3) is 0 Å². The number of nitrogens with one attached hydrogen (secondary N) is 1. The fourth-order valence-electron chi connectivity index (χ4n) is 2.04. The summed E-state index contributed by atoms with van der Waals surface area (Å²) in [7, 11) is 1.61. The quantitative estimate of drug-likeness (QED) is 0.869. The van der Waals surface area contributed by atoms with Crippen molar-refractivity contribution in [2.75, 3.05) is 30.0 Å². The van der Waals surface area contributed by atoms with E-state index >= 15 is 0 Å². The molecule has 1 aromatic rings. The zero-order chi connectivity index (χ0) is 14.7. The van der Waals surface area contributed by atoms with Crippen molar-refractivity contribution in [2.45, 2.75) is 19.4 Å². The number of carbonyl (C=O) groups excluding carboxylic acids is 1. The van der Waals surface area contributed by atoms with Gasteiger partial charge in [0, 0.05) is 37.6 Å². The first-order valence-corrected chi connectivity index (χ1v) is 8.20. The van der Waals surface area contributed by atoms with Crippen molar-refractivity contribution in [2.24, 2.45) is 0 Å². The average Bonchev–Trinajstić information content (AvgIpc) is 2.81. The van der Waals surface area contributed by atoms with Crippen LogP contribution in [-0.2, 0) is 4.79 Å². The number of aromatic nitrogens is 1. The number of anilines is 1. The Labute approximate surface area is 125 Å². The summed E-state index contributed by atoms with van der Waals surface area (Å²) in [5.41, 5.74) is 0.570. The predicted octanol–water partition coefficient (Wildman–Crippen LogP) is 1.21. The zero-order valence-electron chi connectivity index (χ0n) is 11.4. The first-order valence-electron chi connectivity index (χ1n) is 6.28. The van der Waals surface area contributed by atoms with E-state index in [4.69, 9.17) is 0 Å². The molecule has 1 aliphatic heterocycles. The van der Waals surface area contributed by atoms with E-state index in [9.17, 15) is 14.7 Å². The lowest BCUT2D eigenvalue weighted by molar-refractivity contribution is -0.118. The third-order valence-corrected chi connectivity index (χ3v) is 5.30. The Hall–Kier alpha value is -1.12. The summed E-state index contributed by atoms with van der Waals surface area (Å²) >= 11 is 2.88. The van der Waals surface area contributed by atoms with Crippen LogP contribution in [0.3, 0.4) is 0 Å². The number of aryl methyl sites for hydroxylation is 1. The molecule has 1 fully saturated rings. The van der Waals surface area contributed by atoms with Crippen molar-refractivity contribution >= 4 is 40.2 Å². The topological polar surface area (TPSA) is 82.5 Å². The molecule has 1 amide bonds. The molecule has 6 nitrogen and oxygen atoms in total. The van der Waals surface area contributed by atoms with Crippen molar-refractivity contribution in [3.05, 3.63) is 11.3 Å². The number of thioether (sulfide) groups is 1. The molecule has 2 N–H and O–H groups in total. The van der Waals surface area contributed by atoms with Crippen LogP contribution < -0.4 is 10.2 Å². The lowest BCUT2D eigenvalue weighted by Gasteiger charge is -2.24. The fourth-order valence-corrected chi connectivity index (χ4v) is 3.86. The van der Waals surface area contributed by atoms with E-state index in [2.05, 4.69) is 9.69 Å². The zero-order valence-corrected chi connectivity index (χ0v) is 13.0. The summed E-state index contributed by atoms with van der Waals surface area (Å²) in [6, 6.07) is 0.158. The highest BCUT2D eigenvalue weighted by Gasteiger charge is 2.26. The molecule has 0 aliphatic carbocycles. The van der Waals surface area contributed by atoms with Crippen LogP contribution in [0.4, 0.5) is 5.00 Å². The van der Waals surface area contributed by atoms with Crippen LogP contribution in [0, 0.1) is 6.92 Å². The minimum Gasteiger partial charge on any atom is -0.478 e. The summed E-state index contributed by atoms with van der Waals surface area (Å²) in [5.74, 6) is 0.846. The van der Waals surface area contributed by atoms with Gasteiger partial charge in [0.05, 0.1) is 5.69 Å². The maximum Gasteiger partial charge on any atom is 0.340 e. The van der Waals surface area contributed by atoms with Crippen molar-refractivity contribution in [1.82, 2.24) is 9.69 Å². The molecule has 20 heavy (non-hydrogen) atoms. The first-order chi connectivity index (χ1) is 9.50. The number of amides is 1. The van der Waals surface area contributed by atoms with Gasteiger partial charge >= 0.3 is 5.97 Å². The number of nitrogens with zero attached hydrogens (tertiary/aromatic N) is 2. The third-order valence-electron chi connectivity index (χ3n) is 3.16. The molecule has 1 saturated heterocycles. The standard InChI is InChI=1S/C12H17N3O3S2/c1-7-10(12(17)18)11(20-14-7)15(2)9(16)5-8-6-19-4-3-13-8/h8,13H,3-6H2,1-2H3,(H,17,18). The Morgan fingerprint density at radius 1 is 1.55 bits per heavy atom. The number of carbonyl (C=O) groups is 2. The highest BCUT2D eigenvalue weighted by Crippen LogP contribution is 2.28. The number of carboxylic acids is 1. The molecule has 2 heterocycles. The summed E-state index contributed by atoms with van der Waals surface area (Å²) in [4.78, 5) is 24.9. The summed E-state index contributed by atoms with van der Waals surface area (Å²) in [6.45, 7) is 2.55. The van der Waals surface area contributed by atoms with Gasteiger partial charge < -0.3 is 15.3 Å². The van der Waals surface area contributed by atoms with Gasteiger partial charge in [-0.15, -0.1) is 0 Å². The molecule has 0 bridgehead atoms. The Bertz CT molecular complexity index is 512. The highest BCUT2D eigenvalue weighted by molar-refractivity contribution is 7.99. The fraction of sp³-hybridized carbons (Fsp3) is 0.583. The highest BCUT2D eigenvalue weighted by atomic mass is 32.2. The van der Waals surface area contributed by atoms with Crippen LogP contribution in [0.2, 0.25) is 0 Å². The first kappa shape index (κ1) is 15.3. The van der Waals surface area contributed by atoms with Gasteiger partial charge in [0.15, 0.2) is 0 Å². The number of rotatable bonds is 4. The molecule has 8 heteroatoms. The summed E-state index contributed by atoms with van der Waals surface area (Å²) in [6.07, 6.45) is 0.375. The Balaban J connectivity index is 2.08. The second kappa shape index (κ2) is 6.55. The minimum absolute atomic E-state index is 0.0869. The smallest absolute Gasteiger partial charge is 0.340 e. The normalized spacial score (nSPS) is 18.8. The van der Waals surface area contributed by atoms with Crippen molar-refractivity contribution in [3.63, 3.8) is 0 Å². The molecule has 0 aromatic carbocycles. The van der Waals surface area contributed by atoms with Gasteiger partial charge in [0.1, 0.15) is 10.6 Å². The monoisotopic (exact) mass is 315 g/mol. The van der Waals surface area contributed by atoms with Crippen molar-refractivity contribution < 1.29 is 14.7 Å². The second-order valence-corrected chi connectivity index (χ2v) is 6.54. The molecule has 2 rings (SSSR count). The number of hydrogen-bond donors (Lipinski definition) is 2. The second-order valence-electron chi connectivity index (χ2n) is 4.64. The summed E-state index contributed by atoms with van der Waals surface area (Å²) in [5, 5.41) is 12.9. The van der Waals surface area contributed by atoms with E-state index in [1.165, 1.54) is 4.90 Å². The van der Waals surface area contributed by atoms with Crippen molar-refractivity contribution in [3.8, 4) is 0 Å². The van der Waals surface area contributed by atoms with E-state index in [1.807, 2.05) is 11.8 Å². The molecule has 1 aliphatic rings. The Morgan fingerprint density at radius 3 is 2.90 bits per heavy atom. The van der Waals surface area contributed by atoms with Crippen LogP contribution in [0.1, 0.15) is 22.5 Å². The molecule has 1 unspecified atom stereocenters. The maximum atomic E-state index is 12.3. The number of carboxylic acid groups (broad SMARTS) is 1. The predicted molar refractivity (Wildman–Crippen MR) is 81.0 cm³/mol. The molecule has 0 spiro atoms. The summed E-state index contributed by atoms with van der Waals surface area (Å²) < 4.78 is 4.04. The third kappa shape index (κ3) is 3.31. The SMILES string of the molecule is Cc1nsc(N(C)C(=O)CC2CSCCN2)c1C(=O)O. The Kier molecular flexibility index (Phi) is 5.00. The van der Waals surface area contributed by atoms with E-state index < -0.39 is 5.97 Å². The van der Waals surface area contributed by atoms with E-state index in [0.29, 0.717) is 17.1 Å². The molecule has 110 valence electrons. The van der Waals surface area contributed by atoms with E-state index in [-0.39, 0.29) is 17.5 Å². The van der Waals surface area contributed by atoms with Crippen molar-refractivity contribution in [1.29, 1.82) is 0 Å². The number of aromatic carboxylic acids is 1.